The SMILES string of the molecule is CC(NC(=O)NCC(c1cccs1)N1CCCC1)c1ccccc1Br. The van der Waals surface area contributed by atoms with E-state index in [1.54, 1.807) is 11.3 Å². The zero-order valence-electron chi connectivity index (χ0n) is 14.4. The number of benzene rings is 1. The molecule has 2 heterocycles. The van der Waals surface area contributed by atoms with Crippen molar-refractivity contribution in [2.24, 2.45) is 0 Å². The Labute approximate surface area is 161 Å². The fraction of sp³-hybridized carbons (Fsp3) is 0.421. The third-order valence-electron chi connectivity index (χ3n) is 4.63. The Morgan fingerprint density at radius 2 is 2.00 bits per heavy atom. The molecule has 0 radical (unpaired) electrons. The lowest BCUT2D eigenvalue weighted by atomic mass is 10.1. The summed E-state index contributed by atoms with van der Waals surface area (Å²) in [5, 5.41) is 8.21. The molecular weight excluding hydrogens is 398 g/mol. The molecule has 1 aliphatic rings. The number of thiophene rings is 1. The zero-order chi connectivity index (χ0) is 17.6. The summed E-state index contributed by atoms with van der Waals surface area (Å²) in [6, 6.07) is 12.3. The highest BCUT2D eigenvalue weighted by atomic mass is 79.9. The van der Waals surface area contributed by atoms with Gasteiger partial charge in [-0.2, -0.15) is 0 Å². The second-order valence-electron chi connectivity index (χ2n) is 6.37. The molecule has 1 saturated heterocycles. The van der Waals surface area contributed by atoms with Gasteiger partial charge in [0, 0.05) is 15.9 Å². The van der Waals surface area contributed by atoms with Gasteiger partial charge in [0.05, 0.1) is 12.1 Å². The summed E-state index contributed by atoms with van der Waals surface area (Å²) in [5.74, 6) is 0. The highest BCUT2D eigenvalue weighted by Gasteiger charge is 2.24. The van der Waals surface area contributed by atoms with Gasteiger partial charge in [-0.1, -0.05) is 40.2 Å². The maximum atomic E-state index is 12.4. The van der Waals surface area contributed by atoms with E-state index < -0.39 is 0 Å². The first-order valence-corrected chi connectivity index (χ1v) is 10.4. The van der Waals surface area contributed by atoms with Crippen molar-refractivity contribution in [2.75, 3.05) is 19.6 Å². The molecule has 134 valence electrons. The van der Waals surface area contributed by atoms with Crippen LogP contribution in [0.1, 0.15) is 42.3 Å². The number of nitrogens with zero attached hydrogens (tertiary/aromatic N) is 1. The molecule has 4 nitrogen and oxygen atoms in total. The number of halogens is 1. The summed E-state index contributed by atoms with van der Waals surface area (Å²) < 4.78 is 1.01. The van der Waals surface area contributed by atoms with Crippen molar-refractivity contribution in [3.63, 3.8) is 0 Å². The molecule has 3 rings (SSSR count). The number of urea groups is 1. The van der Waals surface area contributed by atoms with Gasteiger partial charge >= 0.3 is 6.03 Å². The molecular formula is C19H24BrN3OS. The summed E-state index contributed by atoms with van der Waals surface area (Å²) in [6.45, 7) is 4.85. The second-order valence-corrected chi connectivity index (χ2v) is 8.21. The van der Waals surface area contributed by atoms with E-state index >= 15 is 0 Å². The molecule has 1 aliphatic heterocycles. The van der Waals surface area contributed by atoms with Gasteiger partial charge in [0.15, 0.2) is 0 Å². The standard InChI is InChI=1S/C19H24BrN3OS/c1-14(15-7-2-3-8-16(15)20)22-19(24)21-13-17(18-9-6-12-25-18)23-10-4-5-11-23/h2-3,6-9,12,14,17H,4-5,10-11,13H2,1H3,(H2,21,22,24). The van der Waals surface area contributed by atoms with Gasteiger partial charge in [-0.3, -0.25) is 4.90 Å². The van der Waals surface area contributed by atoms with Gasteiger partial charge in [-0.05, 0) is 55.9 Å². The van der Waals surface area contributed by atoms with Crippen molar-refractivity contribution in [1.82, 2.24) is 15.5 Å². The van der Waals surface area contributed by atoms with E-state index in [1.165, 1.54) is 17.7 Å². The molecule has 0 saturated carbocycles. The van der Waals surface area contributed by atoms with Gasteiger partial charge < -0.3 is 10.6 Å². The zero-order valence-corrected chi connectivity index (χ0v) is 16.8. The molecule has 1 aromatic heterocycles. The molecule has 25 heavy (non-hydrogen) atoms. The van der Waals surface area contributed by atoms with Crippen LogP contribution in [0.5, 0.6) is 0 Å². The minimum absolute atomic E-state index is 0.0532. The second kappa shape index (κ2) is 8.83. The lowest BCUT2D eigenvalue weighted by molar-refractivity contribution is 0.220. The average Bonchev–Trinajstić information content (AvgIpc) is 3.29. The Bertz CT molecular complexity index is 686. The highest BCUT2D eigenvalue weighted by Crippen LogP contribution is 2.28. The normalized spacial score (nSPS) is 17.2. The lowest BCUT2D eigenvalue weighted by Gasteiger charge is -2.27. The van der Waals surface area contributed by atoms with Crippen LogP contribution >= 0.6 is 27.3 Å². The molecule has 2 amide bonds. The summed E-state index contributed by atoms with van der Waals surface area (Å²) in [4.78, 5) is 16.2. The van der Waals surface area contributed by atoms with E-state index in [2.05, 4.69) is 49.0 Å². The van der Waals surface area contributed by atoms with Crippen molar-refractivity contribution < 1.29 is 4.79 Å². The summed E-state index contributed by atoms with van der Waals surface area (Å²) in [6.07, 6.45) is 2.49. The van der Waals surface area contributed by atoms with E-state index in [0.717, 1.165) is 23.1 Å². The number of amides is 2. The van der Waals surface area contributed by atoms with Crippen molar-refractivity contribution in [3.05, 3.63) is 56.7 Å². The number of likely N-dealkylation sites (tertiary alicyclic amines) is 1. The van der Waals surface area contributed by atoms with Crippen LogP contribution in [-0.2, 0) is 0 Å². The summed E-state index contributed by atoms with van der Waals surface area (Å²) in [5.41, 5.74) is 1.08. The Kier molecular flexibility index (Phi) is 6.51. The first-order chi connectivity index (χ1) is 12.1. The minimum Gasteiger partial charge on any atom is -0.336 e. The molecule has 6 heteroatoms. The Morgan fingerprint density at radius 3 is 2.68 bits per heavy atom. The molecule has 2 N–H and O–H groups in total. The fourth-order valence-electron chi connectivity index (χ4n) is 3.28. The van der Waals surface area contributed by atoms with Crippen molar-refractivity contribution >= 4 is 33.3 Å². The first kappa shape index (κ1) is 18.4. The van der Waals surface area contributed by atoms with Crippen LogP contribution in [0.3, 0.4) is 0 Å². The summed E-state index contributed by atoms with van der Waals surface area (Å²) >= 11 is 5.31. The predicted molar refractivity (Wildman–Crippen MR) is 107 cm³/mol. The third-order valence-corrected chi connectivity index (χ3v) is 6.32. The smallest absolute Gasteiger partial charge is 0.315 e. The van der Waals surface area contributed by atoms with Crippen molar-refractivity contribution in [2.45, 2.75) is 31.8 Å². The largest absolute Gasteiger partial charge is 0.336 e. The molecule has 2 atom stereocenters. The van der Waals surface area contributed by atoms with E-state index in [9.17, 15) is 4.79 Å². The molecule has 0 aliphatic carbocycles. The number of hydrogen-bond donors (Lipinski definition) is 2. The van der Waals surface area contributed by atoms with Crippen LogP contribution in [0.4, 0.5) is 4.79 Å². The monoisotopic (exact) mass is 421 g/mol. The van der Waals surface area contributed by atoms with Crippen LogP contribution in [0.25, 0.3) is 0 Å². The summed E-state index contributed by atoms with van der Waals surface area (Å²) in [7, 11) is 0. The maximum absolute atomic E-state index is 12.4. The number of hydrogen-bond acceptors (Lipinski definition) is 3. The van der Waals surface area contributed by atoms with Gasteiger partial charge in [-0.15, -0.1) is 11.3 Å². The number of rotatable bonds is 6. The quantitative estimate of drug-likeness (QED) is 0.709. The number of nitrogens with one attached hydrogen (secondary N) is 2. The van der Waals surface area contributed by atoms with Gasteiger partial charge in [0.2, 0.25) is 0 Å². The molecule has 1 fully saturated rings. The van der Waals surface area contributed by atoms with E-state index in [-0.39, 0.29) is 18.1 Å². The average molecular weight is 422 g/mol. The molecule has 1 aromatic carbocycles. The number of carbonyl (C=O) groups is 1. The molecule has 2 aromatic rings. The maximum Gasteiger partial charge on any atom is 0.315 e. The molecule has 0 spiro atoms. The van der Waals surface area contributed by atoms with E-state index in [0.29, 0.717) is 6.54 Å². The van der Waals surface area contributed by atoms with Crippen molar-refractivity contribution in [3.8, 4) is 0 Å². The van der Waals surface area contributed by atoms with Crippen LogP contribution in [0.15, 0.2) is 46.3 Å². The van der Waals surface area contributed by atoms with Crippen LogP contribution in [-0.4, -0.2) is 30.6 Å². The van der Waals surface area contributed by atoms with E-state index in [1.807, 2.05) is 31.2 Å². The van der Waals surface area contributed by atoms with E-state index in [4.69, 9.17) is 0 Å². The minimum atomic E-state index is -0.121. The Hall–Kier alpha value is -1.37. The molecule has 0 bridgehead atoms. The fourth-order valence-corrected chi connectivity index (χ4v) is 4.77. The van der Waals surface area contributed by atoms with Crippen LogP contribution in [0.2, 0.25) is 0 Å². The van der Waals surface area contributed by atoms with Gasteiger partial charge in [0.1, 0.15) is 0 Å². The number of carbonyl (C=O) groups excluding carboxylic acids is 1. The Morgan fingerprint density at radius 1 is 1.24 bits per heavy atom. The highest BCUT2D eigenvalue weighted by molar-refractivity contribution is 9.10. The predicted octanol–water partition coefficient (Wildman–Crippen LogP) is 4.71. The van der Waals surface area contributed by atoms with Gasteiger partial charge in [-0.25, -0.2) is 4.79 Å². The Balaban J connectivity index is 1.57. The first-order valence-electron chi connectivity index (χ1n) is 8.71. The van der Waals surface area contributed by atoms with Crippen molar-refractivity contribution in [1.29, 1.82) is 0 Å². The van der Waals surface area contributed by atoms with Gasteiger partial charge in [0.25, 0.3) is 0 Å². The topological polar surface area (TPSA) is 44.4 Å². The molecule has 2 unspecified atom stereocenters. The lowest BCUT2D eigenvalue weighted by Crippen LogP contribution is -2.42. The van der Waals surface area contributed by atoms with Crippen LogP contribution < -0.4 is 10.6 Å². The third kappa shape index (κ3) is 4.84. The van der Waals surface area contributed by atoms with Crippen LogP contribution in [0, 0.1) is 0 Å².